The number of hydrogen-bond donors (Lipinski definition) is 2. The van der Waals surface area contributed by atoms with Gasteiger partial charge >= 0.3 is 12.1 Å². The van der Waals surface area contributed by atoms with E-state index in [1.165, 1.54) is 23.9 Å². The summed E-state index contributed by atoms with van der Waals surface area (Å²) in [7, 11) is 3.04. The molecule has 7 heteroatoms. The molecule has 0 spiro atoms. The first-order chi connectivity index (χ1) is 6.52. The van der Waals surface area contributed by atoms with Crippen molar-refractivity contribution in [2.45, 2.75) is 12.2 Å². The van der Waals surface area contributed by atoms with Gasteiger partial charge in [0.1, 0.15) is 6.17 Å². The monoisotopic (exact) mass is 204 g/mol. The van der Waals surface area contributed by atoms with E-state index in [2.05, 4.69) is 10.6 Å². The summed E-state index contributed by atoms with van der Waals surface area (Å²) in [5, 5.41) is 4.71. The van der Waals surface area contributed by atoms with Crippen LogP contribution in [0.2, 0.25) is 0 Å². The topological polar surface area (TPSA) is 81.8 Å². The lowest BCUT2D eigenvalue weighted by molar-refractivity contribution is -0.126. The van der Waals surface area contributed by atoms with Crippen LogP contribution in [0.1, 0.15) is 0 Å². The molecule has 2 rings (SSSR count). The highest BCUT2D eigenvalue weighted by Gasteiger charge is 2.49. The molecule has 14 heavy (non-hydrogen) atoms. The Hall–Kier alpha value is -1.79. The lowest BCUT2D eigenvalue weighted by Crippen LogP contribution is -2.64. The van der Waals surface area contributed by atoms with Gasteiger partial charge in [0.05, 0.1) is 0 Å². The maximum absolute atomic E-state index is 11.4. The van der Waals surface area contributed by atoms with Gasteiger partial charge in [0, 0.05) is 14.1 Å². The Morgan fingerprint density at radius 2 is 1.71 bits per heavy atom. The third-order valence-electron chi connectivity index (χ3n) is 2.54. The number of carbonyl (C=O) groups excluding carboxylic acids is 3. The summed E-state index contributed by atoms with van der Waals surface area (Å²) in [5.74, 6) is -0.445. The Bertz CT molecular complexity index is 329. The lowest BCUT2D eigenvalue weighted by Gasteiger charge is -2.33. The van der Waals surface area contributed by atoms with E-state index in [-0.39, 0.29) is 6.03 Å². The zero-order valence-electron chi connectivity index (χ0n) is 7.77. The molecule has 2 atom stereocenters. The molecule has 2 unspecified atom stereocenters. The number of nitrogens with one attached hydrogen (secondary N) is 2. The van der Waals surface area contributed by atoms with Crippen LogP contribution in [0.5, 0.6) is 0 Å². The van der Waals surface area contributed by atoms with E-state index in [1.54, 1.807) is 0 Å². The molecule has 0 radical (unpaired) electrons. The molecule has 0 bridgehead atoms. The lowest BCUT2D eigenvalue weighted by atomic mass is 10.9. The molecule has 0 aliphatic carbocycles. The first-order valence-corrected chi connectivity index (χ1v) is 4.13. The van der Waals surface area contributed by atoms with Crippen molar-refractivity contribution in [2.75, 3.05) is 14.1 Å². The number of rotatable bonds is 0. The van der Waals surface area contributed by atoms with Gasteiger partial charge in [0.2, 0.25) is 0 Å². The maximum Gasteiger partial charge on any atom is 0.325 e. The van der Waals surface area contributed by atoms with Crippen LogP contribution < -0.4 is 10.6 Å². The summed E-state index contributed by atoms with van der Waals surface area (Å²) in [6, 6.07) is -1.48. The molecular formula is C7H10N4O3. The average molecular weight is 204 g/mol. The number of amides is 5. The number of likely N-dealkylation sites (N-methyl/N-ethyl adjacent to an activating group) is 2. The number of imide groups is 1. The summed E-state index contributed by atoms with van der Waals surface area (Å²) in [6.07, 6.45) is -0.561. The average Bonchev–Trinajstić information content (AvgIpc) is 2.40. The number of hydrogen-bond acceptors (Lipinski definition) is 3. The molecular weight excluding hydrogens is 194 g/mol. The highest BCUT2D eigenvalue weighted by atomic mass is 16.5. The van der Waals surface area contributed by atoms with E-state index in [0.717, 1.165) is 0 Å². The molecule has 2 aliphatic heterocycles. The first kappa shape index (κ1) is 8.79. The van der Waals surface area contributed by atoms with Gasteiger partial charge in [0.25, 0.3) is 5.91 Å². The van der Waals surface area contributed by atoms with E-state index in [9.17, 15) is 14.4 Å². The minimum absolute atomic E-state index is 0.350. The predicted octanol–water partition coefficient (Wildman–Crippen LogP) is -1.48. The van der Waals surface area contributed by atoms with Gasteiger partial charge in [-0.1, -0.05) is 0 Å². The first-order valence-electron chi connectivity index (χ1n) is 4.13. The van der Waals surface area contributed by atoms with Gasteiger partial charge in [0.15, 0.2) is 6.04 Å². The van der Waals surface area contributed by atoms with Gasteiger partial charge in [-0.25, -0.2) is 9.59 Å². The molecule has 2 N–H and O–H groups in total. The molecule has 0 saturated carbocycles. The van der Waals surface area contributed by atoms with E-state index in [0.29, 0.717) is 0 Å². The van der Waals surface area contributed by atoms with E-state index in [4.69, 9.17) is 0 Å². The molecule has 2 aliphatic rings. The molecule has 0 aromatic rings. The van der Waals surface area contributed by atoms with Crippen molar-refractivity contribution < 1.29 is 14.4 Å². The SMILES string of the molecule is CN1C(=O)N[13CH]2[13CH]1[13C](=O)[15NH][13C](=O)[15N]2C. The van der Waals surface area contributed by atoms with E-state index >= 15 is 0 Å². The van der Waals surface area contributed by atoms with Crippen LogP contribution in [0.4, 0.5) is 9.59 Å². The molecule has 5 amide bonds. The maximum atomic E-state index is 11.4. The fourth-order valence-electron chi connectivity index (χ4n) is 1.67. The number of nitrogens with zero attached hydrogens (tertiary/aromatic N) is 2. The second kappa shape index (κ2) is 2.60. The number of urea groups is 2. The van der Waals surface area contributed by atoms with Crippen LogP contribution in [0.15, 0.2) is 0 Å². The van der Waals surface area contributed by atoms with Crippen LogP contribution >= 0.6 is 0 Å². The third kappa shape index (κ3) is 0.949. The summed E-state index contributed by atoms with van der Waals surface area (Å²) in [4.78, 5) is 36.4. The summed E-state index contributed by atoms with van der Waals surface area (Å²) in [6.45, 7) is 0. The molecule has 7 nitrogen and oxygen atoms in total. The van der Waals surface area contributed by atoms with Crippen molar-refractivity contribution in [1.29, 1.82) is 0 Å². The smallest absolute Gasteiger partial charge is 0.315 e. The Kier molecular flexibility index (Phi) is 1.63. The largest absolute Gasteiger partial charge is 0.325 e. The second-order valence-corrected chi connectivity index (χ2v) is 3.36. The quantitative estimate of drug-likeness (QED) is 0.373. The number of fused-ring (bicyclic) bond motifs is 1. The summed E-state index contributed by atoms with van der Waals surface area (Å²) < 4.78 is 0. The fraction of sp³-hybridized carbons (Fsp3) is 0.571. The van der Waals surface area contributed by atoms with Gasteiger partial charge in [-0.05, 0) is 0 Å². The van der Waals surface area contributed by atoms with Crippen molar-refractivity contribution in [3.8, 4) is 0 Å². The van der Waals surface area contributed by atoms with Gasteiger partial charge < -0.3 is 15.1 Å². The molecule has 2 saturated heterocycles. The van der Waals surface area contributed by atoms with Gasteiger partial charge in [-0.3, -0.25) is 10.1 Å². The molecule has 0 aromatic heterocycles. The zero-order valence-corrected chi connectivity index (χ0v) is 7.77. The highest BCUT2D eigenvalue weighted by Crippen LogP contribution is 2.17. The highest BCUT2D eigenvalue weighted by molar-refractivity contribution is 6.03. The predicted molar refractivity (Wildman–Crippen MR) is 45.2 cm³/mol. The Morgan fingerprint density at radius 1 is 1.07 bits per heavy atom. The van der Waals surface area contributed by atoms with Crippen LogP contribution in [-0.4, -0.2) is 54.1 Å². The standard InChI is InChI=1S/C7H10N4O3/c1-10-3-4(8-6(10)13)11(2)7(14)9-5(3)12/h3-4H,1-2H3,(H,8,13)(H,9,12,14)/i3+1,4+1,5+1,7+1,9+1,11+1. The van der Waals surface area contributed by atoms with Gasteiger partial charge in [-0.15, -0.1) is 0 Å². The van der Waals surface area contributed by atoms with Crippen LogP contribution in [-0.2, 0) is 4.79 Å². The second-order valence-electron chi connectivity index (χ2n) is 3.36. The van der Waals surface area contributed by atoms with E-state index in [1.807, 2.05) is 0 Å². The Morgan fingerprint density at radius 3 is 2.36 bits per heavy atom. The van der Waals surface area contributed by atoms with Crippen LogP contribution in [0, 0.1) is 0 Å². The van der Waals surface area contributed by atoms with Crippen molar-refractivity contribution in [2.24, 2.45) is 0 Å². The minimum atomic E-state index is -0.634. The zero-order chi connectivity index (χ0) is 10.5. The third-order valence-corrected chi connectivity index (χ3v) is 2.54. The summed E-state index contributed by atoms with van der Waals surface area (Å²) in [5.41, 5.74) is 0. The fourth-order valence-corrected chi connectivity index (χ4v) is 1.67. The molecule has 0 aromatic carbocycles. The van der Waals surface area contributed by atoms with Crippen molar-refractivity contribution in [3.63, 3.8) is 0 Å². The van der Waals surface area contributed by atoms with Crippen LogP contribution in [0.25, 0.3) is 0 Å². The minimum Gasteiger partial charge on any atom is -0.315 e. The van der Waals surface area contributed by atoms with Gasteiger partial charge in [-0.2, -0.15) is 0 Å². The molecule has 76 valence electrons. The Balaban J connectivity index is 2.33. The van der Waals surface area contributed by atoms with Crippen molar-refractivity contribution >= 4 is 18.0 Å². The normalized spacial score (nSPS) is 31.4. The number of carbonyl (C=O) groups is 3. The molecule has 2 heterocycles. The van der Waals surface area contributed by atoms with Crippen molar-refractivity contribution in [1.82, 2.24) is 20.4 Å². The molecule has 2 fully saturated rings. The Labute approximate surface area is 80.0 Å². The summed E-state index contributed by atoms with van der Waals surface area (Å²) >= 11 is 0. The van der Waals surface area contributed by atoms with Crippen molar-refractivity contribution in [3.05, 3.63) is 0 Å². The van der Waals surface area contributed by atoms with E-state index < -0.39 is 24.1 Å². The van der Waals surface area contributed by atoms with Crippen LogP contribution in [0.3, 0.4) is 0 Å².